The third kappa shape index (κ3) is 11.2. The van der Waals surface area contributed by atoms with Gasteiger partial charge >= 0.3 is 6.03 Å². The first-order valence-electron chi connectivity index (χ1n) is 14.7. The van der Waals surface area contributed by atoms with Gasteiger partial charge in [0.25, 0.3) is 5.91 Å². The van der Waals surface area contributed by atoms with E-state index in [9.17, 15) is 19.2 Å². The Kier molecular flexibility index (Phi) is 14.0. The summed E-state index contributed by atoms with van der Waals surface area (Å²) in [6, 6.07) is 4.74. The molecule has 14 heteroatoms. The minimum Gasteiger partial charge on any atom is -0.397 e. The van der Waals surface area contributed by atoms with Gasteiger partial charge in [0.2, 0.25) is 11.8 Å². The monoisotopic (exact) mass is 607 g/mol. The van der Waals surface area contributed by atoms with Crippen LogP contribution in [0.5, 0.6) is 0 Å². The fourth-order valence-corrected chi connectivity index (χ4v) is 6.67. The molecule has 2 heterocycles. The maximum absolute atomic E-state index is 12.3. The Balaban J connectivity index is 1.17. The molecule has 0 aliphatic carbocycles. The van der Waals surface area contributed by atoms with Crippen LogP contribution in [0.15, 0.2) is 18.2 Å². The van der Waals surface area contributed by atoms with E-state index in [4.69, 9.17) is 16.7 Å². The highest BCUT2D eigenvalue weighted by molar-refractivity contribution is 8.00. The van der Waals surface area contributed by atoms with Gasteiger partial charge in [-0.3, -0.25) is 19.6 Å². The van der Waals surface area contributed by atoms with Crippen molar-refractivity contribution in [2.75, 3.05) is 36.9 Å². The molecule has 2 aliphatic rings. The SMILES string of the molecule is Nc1ccc(C(=O)NCCCCC(COO)NC(=O)CCCCNC(=O)CCCCC2SCC3NC(=O)NC32)cc1N. The van der Waals surface area contributed by atoms with E-state index in [2.05, 4.69) is 31.5 Å². The smallest absolute Gasteiger partial charge is 0.315 e. The summed E-state index contributed by atoms with van der Waals surface area (Å²) in [6.07, 6.45) is 6.80. The van der Waals surface area contributed by atoms with Crippen molar-refractivity contribution in [1.82, 2.24) is 26.6 Å². The first-order valence-corrected chi connectivity index (χ1v) is 15.8. The molecule has 4 atom stereocenters. The Morgan fingerprint density at radius 3 is 2.50 bits per heavy atom. The summed E-state index contributed by atoms with van der Waals surface area (Å²) < 4.78 is 0. The molecule has 2 aliphatic heterocycles. The predicted octanol–water partition coefficient (Wildman–Crippen LogP) is 1.74. The summed E-state index contributed by atoms with van der Waals surface area (Å²) in [5.41, 5.74) is 12.6. The molecule has 0 bridgehead atoms. The fraction of sp³-hybridized carbons (Fsp3) is 0.643. The van der Waals surface area contributed by atoms with E-state index in [-0.39, 0.29) is 48.5 Å². The van der Waals surface area contributed by atoms with Gasteiger partial charge in [0, 0.05) is 42.5 Å². The van der Waals surface area contributed by atoms with Crippen LogP contribution in [-0.2, 0) is 14.5 Å². The number of fused-ring (bicyclic) bond motifs is 1. The molecule has 2 fully saturated rings. The van der Waals surface area contributed by atoms with Gasteiger partial charge in [-0.05, 0) is 63.1 Å². The van der Waals surface area contributed by atoms with Crippen molar-refractivity contribution in [2.45, 2.75) is 87.6 Å². The van der Waals surface area contributed by atoms with Crippen LogP contribution in [0.2, 0.25) is 0 Å². The maximum atomic E-state index is 12.3. The van der Waals surface area contributed by atoms with Crippen LogP contribution in [-0.4, -0.2) is 77.8 Å². The van der Waals surface area contributed by atoms with Crippen LogP contribution in [0, 0.1) is 0 Å². The second kappa shape index (κ2) is 17.7. The number of urea groups is 1. The summed E-state index contributed by atoms with van der Waals surface area (Å²) in [5.74, 6) is 0.573. The molecule has 2 saturated heterocycles. The second-order valence-electron chi connectivity index (χ2n) is 10.8. The van der Waals surface area contributed by atoms with Crippen LogP contribution in [0.25, 0.3) is 0 Å². The van der Waals surface area contributed by atoms with Crippen molar-refractivity contribution < 1.29 is 29.3 Å². The van der Waals surface area contributed by atoms with Gasteiger partial charge in [-0.15, -0.1) is 0 Å². The average molecular weight is 608 g/mol. The zero-order chi connectivity index (χ0) is 30.3. The molecule has 10 N–H and O–H groups in total. The minimum atomic E-state index is -0.343. The number of amides is 5. The molecule has 0 aromatic heterocycles. The van der Waals surface area contributed by atoms with Crippen molar-refractivity contribution in [2.24, 2.45) is 0 Å². The number of nitrogens with two attached hydrogens (primary N) is 2. The van der Waals surface area contributed by atoms with Gasteiger partial charge in [-0.2, -0.15) is 11.8 Å². The zero-order valence-electron chi connectivity index (χ0n) is 24.0. The molecule has 0 spiro atoms. The van der Waals surface area contributed by atoms with Gasteiger partial charge in [0.15, 0.2) is 0 Å². The highest BCUT2D eigenvalue weighted by atomic mass is 32.2. The summed E-state index contributed by atoms with van der Waals surface area (Å²) in [5, 5.41) is 23.8. The largest absolute Gasteiger partial charge is 0.397 e. The Morgan fingerprint density at radius 2 is 1.71 bits per heavy atom. The first-order chi connectivity index (χ1) is 20.3. The molecule has 0 saturated carbocycles. The Bertz CT molecular complexity index is 1060. The third-order valence-electron chi connectivity index (χ3n) is 7.49. The highest BCUT2D eigenvalue weighted by Crippen LogP contribution is 2.33. The number of nitrogen functional groups attached to an aromatic ring is 2. The number of carbonyl (C=O) groups is 4. The average Bonchev–Trinajstić information content (AvgIpc) is 3.51. The van der Waals surface area contributed by atoms with Gasteiger partial charge in [-0.25, -0.2) is 9.68 Å². The molecule has 13 nitrogen and oxygen atoms in total. The van der Waals surface area contributed by atoms with E-state index in [0.29, 0.717) is 80.2 Å². The van der Waals surface area contributed by atoms with E-state index in [0.717, 1.165) is 25.0 Å². The van der Waals surface area contributed by atoms with Crippen molar-refractivity contribution >= 4 is 46.9 Å². The van der Waals surface area contributed by atoms with E-state index in [1.807, 2.05) is 11.8 Å². The van der Waals surface area contributed by atoms with Gasteiger partial charge in [-0.1, -0.05) is 6.42 Å². The maximum Gasteiger partial charge on any atom is 0.315 e. The molecular formula is C28H45N7O6S. The van der Waals surface area contributed by atoms with Crippen LogP contribution in [0.4, 0.5) is 16.2 Å². The number of hydrogen-bond donors (Lipinski definition) is 8. The van der Waals surface area contributed by atoms with Crippen LogP contribution in [0.3, 0.4) is 0 Å². The Morgan fingerprint density at radius 1 is 0.976 bits per heavy atom. The van der Waals surface area contributed by atoms with E-state index >= 15 is 0 Å². The summed E-state index contributed by atoms with van der Waals surface area (Å²) in [4.78, 5) is 52.4. The van der Waals surface area contributed by atoms with E-state index < -0.39 is 0 Å². The number of thioether (sulfide) groups is 1. The van der Waals surface area contributed by atoms with E-state index in [1.165, 1.54) is 6.07 Å². The normalized spacial score (nSPS) is 19.8. The predicted molar refractivity (Wildman–Crippen MR) is 163 cm³/mol. The quantitative estimate of drug-likeness (QED) is 0.0378. The summed E-state index contributed by atoms with van der Waals surface area (Å²) in [6.45, 7) is 0.947. The van der Waals surface area contributed by atoms with Gasteiger partial charge < -0.3 is 38.1 Å². The lowest BCUT2D eigenvalue weighted by molar-refractivity contribution is -0.246. The molecule has 234 valence electrons. The lowest BCUT2D eigenvalue weighted by Crippen LogP contribution is -2.38. The van der Waals surface area contributed by atoms with Crippen molar-refractivity contribution in [3.05, 3.63) is 23.8 Å². The summed E-state index contributed by atoms with van der Waals surface area (Å²) >= 11 is 1.88. The molecular weight excluding hydrogens is 562 g/mol. The first kappa shape index (κ1) is 33.3. The lowest BCUT2D eigenvalue weighted by atomic mass is 10.0. The number of carbonyl (C=O) groups excluding carboxylic acids is 4. The standard InChI is InChI=1S/C28H45N7O6S/c29-20-12-11-18(15-21(20)30)27(38)32-14-5-3-7-19(16-41-40)33-25(37)10-4-6-13-31-24(36)9-2-1-8-23-26-22(17-42-23)34-28(39)35-26/h11-12,15,19,22-23,26,40H,1-10,13-14,16-17,29-30H2,(H,31,36)(H,32,38)(H,33,37)(H2,34,35,39). The number of nitrogens with one attached hydrogen (secondary N) is 5. The highest BCUT2D eigenvalue weighted by Gasteiger charge is 2.42. The Labute approximate surface area is 250 Å². The van der Waals surface area contributed by atoms with Crippen molar-refractivity contribution in [3.63, 3.8) is 0 Å². The molecule has 1 aromatic rings. The molecule has 1 aromatic carbocycles. The number of unbranched alkanes of at least 4 members (excludes halogenated alkanes) is 3. The van der Waals surface area contributed by atoms with Crippen molar-refractivity contribution in [1.29, 1.82) is 0 Å². The number of benzene rings is 1. The third-order valence-corrected chi connectivity index (χ3v) is 9.00. The second-order valence-corrected chi connectivity index (χ2v) is 12.1. The Hall–Kier alpha value is -3.23. The minimum absolute atomic E-state index is 0.0150. The number of rotatable bonds is 19. The molecule has 3 rings (SSSR count). The lowest BCUT2D eigenvalue weighted by Gasteiger charge is -2.17. The van der Waals surface area contributed by atoms with Gasteiger partial charge in [0.05, 0.1) is 29.5 Å². The number of hydrogen-bond acceptors (Lipinski definition) is 9. The van der Waals surface area contributed by atoms with Crippen LogP contribution < -0.4 is 38.1 Å². The molecule has 5 amide bonds. The van der Waals surface area contributed by atoms with E-state index in [1.54, 1.807) is 12.1 Å². The van der Waals surface area contributed by atoms with Crippen LogP contribution >= 0.6 is 11.8 Å². The molecule has 42 heavy (non-hydrogen) atoms. The summed E-state index contributed by atoms with van der Waals surface area (Å²) in [7, 11) is 0. The van der Waals surface area contributed by atoms with Crippen molar-refractivity contribution in [3.8, 4) is 0 Å². The molecule has 4 unspecified atom stereocenters. The van der Waals surface area contributed by atoms with Crippen LogP contribution in [0.1, 0.15) is 74.6 Å². The van der Waals surface area contributed by atoms with Gasteiger partial charge in [0.1, 0.15) is 6.61 Å². The fourth-order valence-electron chi connectivity index (χ4n) is 5.12. The zero-order valence-corrected chi connectivity index (χ0v) is 24.8. The number of anilines is 2. The topological polar surface area (TPSA) is 210 Å². The molecule has 0 radical (unpaired) electrons.